The van der Waals surface area contributed by atoms with E-state index in [2.05, 4.69) is 10.3 Å². The van der Waals surface area contributed by atoms with Crippen molar-refractivity contribution in [3.63, 3.8) is 0 Å². The Morgan fingerprint density at radius 3 is 2.47 bits per heavy atom. The van der Waals surface area contributed by atoms with Crippen molar-refractivity contribution in [3.8, 4) is 0 Å². The molecular formula is C24H29FN2O3. The standard InChI is InChI=1S/C24H29FN2O3/c1-3-4-21(15-22-16(2)26-24(29)30-22)27-23(28)14-19-7-5-17(6-8-19)13-18-9-11-20(25)12-10-18/h3-4,9-12,15,17,19H,5-8,13-14H2,1-2H3,(H,26,29)(H,27,28)/b4-3+,21-15+. The average molecular weight is 413 g/mol. The van der Waals surface area contributed by atoms with E-state index in [1.54, 1.807) is 19.1 Å². The molecule has 0 radical (unpaired) electrons. The Kier molecular flexibility index (Phi) is 7.44. The number of halogens is 1. The molecule has 1 fully saturated rings. The molecule has 1 saturated carbocycles. The van der Waals surface area contributed by atoms with E-state index in [-0.39, 0.29) is 11.7 Å². The summed E-state index contributed by atoms with van der Waals surface area (Å²) in [6.07, 6.45) is 10.9. The van der Waals surface area contributed by atoms with Crippen LogP contribution >= 0.6 is 0 Å². The zero-order valence-corrected chi connectivity index (χ0v) is 17.5. The summed E-state index contributed by atoms with van der Waals surface area (Å²) in [4.78, 5) is 26.5. The number of H-pyrrole nitrogens is 1. The molecule has 5 nitrogen and oxygen atoms in total. The van der Waals surface area contributed by atoms with E-state index < -0.39 is 5.76 Å². The minimum atomic E-state index is -0.512. The molecule has 1 aliphatic carbocycles. The summed E-state index contributed by atoms with van der Waals surface area (Å²) in [6.45, 7) is 3.61. The first-order valence-corrected chi connectivity index (χ1v) is 10.5. The van der Waals surface area contributed by atoms with Gasteiger partial charge in [-0.25, -0.2) is 9.18 Å². The number of benzene rings is 1. The van der Waals surface area contributed by atoms with Crippen LogP contribution in [0.5, 0.6) is 0 Å². The van der Waals surface area contributed by atoms with Gasteiger partial charge in [-0.15, -0.1) is 0 Å². The number of oxazole rings is 1. The van der Waals surface area contributed by atoms with Gasteiger partial charge < -0.3 is 9.73 Å². The third kappa shape index (κ3) is 6.31. The smallest absolute Gasteiger partial charge is 0.408 e. The molecule has 1 amide bonds. The molecule has 6 heteroatoms. The van der Waals surface area contributed by atoms with E-state index in [9.17, 15) is 14.0 Å². The van der Waals surface area contributed by atoms with Crippen molar-refractivity contribution < 1.29 is 13.6 Å². The molecule has 30 heavy (non-hydrogen) atoms. The maximum absolute atomic E-state index is 13.1. The van der Waals surface area contributed by atoms with Gasteiger partial charge in [-0.05, 0) is 81.6 Å². The number of allylic oxidation sites excluding steroid dienone is 2. The maximum atomic E-state index is 13.1. The highest BCUT2D eigenvalue weighted by Gasteiger charge is 2.23. The fourth-order valence-electron chi connectivity index (χ4n) is 4.07. The van der Waals surface area contributed by atoms with Gasteiger partial charge in [0.25, 0.3) is 0 Å². The van der Waals surface area contributed by atoms with E-state index in [1.807, 2.05) is 25.1 Å². The lowest BCUT2D eigenvalue weighted by Crippen LogP contribution is -2.26. The molecular weight excluding hydrogens is 383 g/mol. The highest BCUT2D eigenvalue weighted by Crippen LogP contribution is 2.32. The number of aromatic amines is 1. The van der Waals surface area contributed by atoms with Gasteiger partial charge in [0, 0.05) is 18.2 Å². The summed E-state index contributed by atoms with van der Waals surface area (Å²) in [5.74, 6) is 0.628. The van der Waals surface area contributed by atoms with E-state index in [1.165, 1.54) is 17.7 Å². The largest absolute Gasteiger partial charge is 0.417 e. The molecule has 0 unspecified atom stereocenters. The molecule has 1 heterocycles. The number of aromatic nitrogens is 1. The Labute approximate surface area is 176 Å². The number of hydrogen-bond donors (Lipinski definition) is 2. The van der Waals surface area contributed by atoms with Crippen LogP contribution in [-0.2, 0) is 11.2 Å². The molecule has 1 aromatic heterocycles. The fourth-order valence-corrected chi connectivity index (χ4v) is 4.07. The minimum absolute atomic E-state index is 0.0307. The zero-order chi connectivity index (χ0) is 21.5. The van der Waals surface area contributed by atoms with Crippen molar-refractivity contribution >= 4 is 12.0 Å². The number of amides is 1. The van der Waals surface area contributed by atoms with Crippen molar-refractivity contribution in [2.75, 3.05) is 0 Å². The van der Waals surface area contributed by atoms with Crippen molar-refractivity contribution in [1.82, 2.24) is 10.3 Å². The summed E-state index contributed by atoms with van der Waals surface area (Å²) in [7, 11) is 0. The summed E-state index contributed by atoms with van der Waals surface area (Å²) in [5, 5.41) is 2.93. The van der Waals surface area contributed by atoms with E-state index in [0.29, 0.717) is 35.4 Å². The number of rotatable bonds is 7. The fraction of sp³-hybridized carbons (Fsp3) is 0.417. The van der Waals surface area contributed by atoms with Crippen LogP contribution in [0.3, 0.4) is 0 Å². The van der Waals surface area contributed by atoms with E-state index in [0.717, 1.165) is 32.1 Å². The predicted octanol–water partition coefficient (Wildman–Crippen LogP) is 4.89. The maximum Gasteiger partial charge on any atom is 0.417 e. The lowest BCUT2D eigenvalue weighted by atomic mass is 9.78. The van der Waals surface area contributed by atoms with Gasteiger partial charge in [0.1, 0.15) is 5.82 Å². The van der Waals surface area contributed by atoms with Gasteiger partial charge in [0.2, 0.25) is 5.91 Å². The predicted molar refractivity (Wildman–Crippen MR) is 115 cm³/mol. The van der Waals surface area contributed by atoms with Crippen molar-refractivity contribution in [1.29, 1.82) is 0 Å². The average Bonchev–Trinajstić information content (AvgIpc) is 3.02. The van der Waals surface area contributed by atoms with Crippen LogP contribution in [0.4, 0.5) is 4.39 Å². The Bertz CT molecular complexity index is 961. The molecule has 1 aromatic carbocycles. The first-order valence-electron chi connectivity index (χ1n) is 10.5. The van der Waals surface area contributed by atoms with Gasteiger partial charge in [0.15, 0.2) is 5.76 Å². The molecule has 0 spiro atoms. The molecule has 2 aromatic rings. The summed E-state index contributed by atoms with van der Waals surface area (Å²) < 4.78 is 18.1. The molecule has 3 rings (SSSR count). The molecule has 0 bridgehead atoms. The lowest BCUT2D eigenvalue weighted by Gasteiger charge is -2.28. The van der Waals surface area contributed by atoms with Crippen LogP contribution < -0.4 is 11.1 Å². The highest BCUT2D eigenvalue weighted by atomic mass is 19.1. The van der Waals surface area contributed by atoms with Crippen molar-refractivity contribution in [2.45, 2.75) is 52.4 Å². The van der Waals surface area contributed by atoms with Crippen molar-refractivity contribution in [2.24, 2.45) is 11.8 Å². The van der Waals surface area contributed by atoms with Gasteiger partial charge in [-0.1, -0.05) is 18.2 Å². The quantitative estimate of drug-likeness (QED) is 0.636. The Hall–Kier alpha value is -2.89. The van der Waals surface area contributed by atoms with Crippen LogP contribution in [0.2, 0.25) is 0 Å². The Balaban J connectivity index is 1.50. The van der Waals surface area contributed by atoms with Crippen LogP contribution in [0.1, 0.15) is 56.0 Å². The molecule has 160 valence electrons. The van der Waals surface area contributed by atoms with Crippen LogP contribution in [0.25, 0.3) is 6.08 Å². The van der Waals surface area contributed by atoms with Crippen LogP contribution in [0.15, 0.2) is 51.3 Å². The Morgan fingerprint density at radius 2 is 1.87 bits per heavy atom. The van der Waals surface area contributed by atoms with Gasteiger partial charge in [-0.2, -0.15) is 0 Å². The van der Waals surface area contributed by atoms with Gasteiger partial charge >= 0.3 is 5.76 Å². The van der Waals surface area contributed by atoms with Crippen LogP contribution in [0, 0.1) is 24.6 Å². The number of hydrogen-bond acceptors (Lipinski definition) is 3. The third-order valence-corrected chi connectivity index (χ3v) is 5.66. The molecule has 0 saturated heterocycles. The lowest BCUT2D eigenvalue weighted by molar-refractivity contribution is -0.121. The number of carbonyl (C=O) groups is 1. The molecule has 1 aliphatic rings. The SMILES string of the molecule is C/C=C/C(=C\c1oc(=O)[nH]c1C)NC(=O)CC1CCC(Cc2ccc(F)cc2)CC1. The molecule has 2 N–H and O–H groups in total. The van der Waals surface area contributed by atoms with Gasteiger partial charge in [0.05, 0.1) is 5.69 Å². The zero-order valence-electron chi connectivity index (χ0n) is 17.5. The highest BCUT2D eigenvalue weighted by molar-refractivity contribution is 5.80. The Morgan fingerprint density at radius 1 is 1.20 bits per heavy atom. The third-order valence-electron chi connectivity index (χ3n) is 5.66. The number of nitrogens with one attached hydrogen (secondary N) is 2. The summed E-state index contributed by atoms with van der Waals surface area (Å²) in [5.41, 5.74) is 2.39. The number of aryl methyl sites for hydroxylation is 1. The topological polar surface area (TPSA) is 75.1 Å². The summed E-state index contributed by atoms with van der Waals surface area (Å²) in [6, 6.07) is 6.75. The van der Waals surface area contributed by atoms with Gasteiger partial charge in [-0.3, -0.25) is 9.78 Å². The summed E-state index contributed by atoms with van der Waals surface area (Å²) >= 11 is 0. The first kappa shape index (κ1) is 21.8. The first-order chi connectivity index (χ1) is 14.4. The van der Waals surface area contributed by atoms with Crippen LogP contribution in [-0.4, -0.2) is 10.9 Å². The second-order valence-corrected chi connectivity index (χ2v) is 8.07. The minimum Gasteiger partial charge on any atom is -0.408 e. The number of carbonyl (C=O) groups excluding carboxylic acids is 1. The molecule has 0 atom stereocenters. The second-order valence-electron chi connectivity index (χ2n) is 8.07. The van der Waals surface area contributed by atoms with E-state index in [4.69, 9.17) is 4.42 Å². The van der Waals surface area contributed by atoms with E-state index >= 15 is 0 Å². The second kappa shape index (κ2) is 10.2. The monoisotopic (exact) mass is 412 g/mol. The normalized spacial score (nSPS) is 19.9. The molecule has 0 aliphatic heterocycles. The van der Waals surface area contributed by atoms with Crippen molar-refractivity contribution in [3.05, 3.63) is 75.5 Å².